The van der Waals surface area contributed by atoms with Crippen molar-refractivity contribution >= 4 is 17.7 Å². The van der Waals surface area contributed by atoms with Gasteiger partial charge in [0.2, 0.25) is 0 Å². The summed E-state index contributed by atoms with van der Waals surface area (Å²) in [5.74, 6) is 1.95. The maximum absolute atomic E-state index is 10.9. The van der Waals surface area contributed by atoms with Gasteiger partial charge < -0.3 is 14.2 Å². The first-order chi connectivity index (χ1) is 7.70. The van der Waals surface area contributed by atoms with E-state index in [2.05, 4.69) is 0 Å². The molecule has 0 N–H and O–H groups in total. The normalized spacial score (nSPS) is 12.9. The second-order valence-electron chi connectivity index (χ2n) is 3.18. The van der Waals surface area contributed by atoms with Gasteiger partial charge >= 0.3 is 5.97 Å². The molecule has 0 fully saturated rings. The largest absolute Gasteiger partial charge is 0.490 e. The molecule has 5 heteroatoms. The highest BCUT2D eigenvalue weighted by Crippen LogP contribution is 2.43. The molecule has 86 valence electrons. The third-order valence-corrected chi connectivity index (χ3v) is 2.86. The third-order valence-electron chi connectivity index (χ3n) is 1.99. The fourth-order valence-electron chi connectivity index (χ4n) is 1.41. The molecule has 4 nitrogen and oxygen atoms in total. The number of hydrogen-bond donors (Lipinski definition) is 0. The van der Waals surface area contributed by atoms with Crippen LogP contribution in [0.4, 0.5) is 0 Å². The van der Waals surface area contributed by atoms with Gasteiger partial charge in [-0.1, -0.05) is 11.8 Å². The van der Waals surface area contributed by atoms with E-state index in [1.54, 1.807) is 17.8 Å². The summed E-state index contributed by atoms with van der Waals surface area (Å²) in [5.41, 5.74) is 0. The zero-order chi connectivity index (χ0) is 11.5. The van der Waals surface area contributed by atoms with Crippen LogP contribution in [0.2, 0.25) is 0 Å². The Bertz CT molecular complexity index is 417. The van der Waals surface area contributed by atoms with E-state index in [1.807, 2.05) is 13.0 Å². The summed E-state index contributed by atoms with van der Waals surface area (Å²) in [5, 5.41) is 0. The molecule has 0 spiro atoms. The Morgan fingerprint density at radius 1 is 1.50 bits per heavy atom. The van der Waals surface area contributed by atoms with Crippen LogP contribution in [0.15, 0.2) is 17.0 Å². The molecule has 1 aliphatic rings. The average molecular weight is 240 g/mol. The molecular weight excluding hydrogens is 228 g/mol. The number of ether oxygens (including phenoxy) is 3. The molecule has 0 radical (unpaired) electrons. The minimum atomic E-state index is -0.369. The Labute approximate surface area is 97.9 Å². The molecule has 0 amide bonds. The first-order valence-electron chi connectivity index (χ1n) is 4.95. The number of benzene rings is 1. The zero-order valence-corrected chi connectivity index (χ0v) is 9.93. The maximum Gasteiger partial charge on any atom is 0.308 e. The topological polar surface area (TPSA) is 44.8 Å². The van der Waals surface area contributed by atoms with E-state index < -0.39 is 0 Å². The van der Waals surface area contributed by atoms with Crippen molar-refractivity contribution in [2.24, 2.45) is 0 Å². The van der Waals surface area contributed by atoms with Crippen molar-refractivity contribution in [2.45, 2.75) is 18.7 Å². The number of fused-ring (bicyclic) bond motifs is 1. The Kier molecular flexibility index (Phi) is 3.24. The summed E-state index contributed by atoms with van der Waals surface area (Å²) >= 11 is 1.59. The lowest BCUT2D eigenvalue weighted by Crippen LogP contribution is -2.04. The van der Waals surface area contributed by atoms with Crippen LogP contribution in [0.5, 0.6) is 17.2 Å². The van der Waals surface area contributed by atoms with Gasteiger partial charge in [-0.25, -0.2) is 0 Å². The first-order valence-corrected chi connectivity index (χ1v) is 5.94. The molecule has 0 aliphatic carbocycles. The van der Waals surface area contributed by atoms with E-state index in [0.717, 1.165) is 10.6 Å². The molecule has 0 aromatic heterocycles. The van der Waals surface area contributed by atoms with Gasteiger partial charge in [-0.05, 0) is 6.92 Å². The van der Waals surface area contributed by atoms with Crippen LogP contribution in [-0.2, 0) is 4.79 Å². The molecule has 2 rings (SSSR count). The predicted molar refractivity (Wildman–Crippen MR) is 60.3 cm³/mol. The molecule has 1 aliphatic heterocycles. The highest BCUT2D eigenvalue weighted by Gasteiger charge is 2.19. The van der Waals surface area contributed by atoms with Crippen molar-refractivity contribution < 1.29 is 19.0 Å². The number of carbonyl (C=O) groups is 1. The van der Waals surface area contributed by atoms with Crippen LogP contribution in [-0.4, -0.2) is 18.5 Å². The van der Waals surface area contributed by atoms with Gasteiger partial charge in [-0.15, -0.1) is 0 Å². The van der Waals surface area contributed by atoms with E-state index in [4.69, 9.17) is 14.2 Å². The van der Waals surface area contributed by atoms with Crippen molar-refractivity contribution in [3.8, 4) is 17.2 Å². The lowest BCUT2D eigenvalue weighted by molar-refractivity contribution is -0.132. The van der Waals surface area contributed by atoms with Crippen molar-refractivity contribution in [1.82, 2.24) is 0 Å². The Hall–Kier alpha value is -1.36. The molecule has 16 heavy (non-hydrogen) atoms. The van der Waals surface area contributed by atoms with Crippen LogP contribution in [0, 0.1) is 0 Å². The standard InChI is InChI=1S/C11H12O4S/c1-3-13-8-5-11-10(14-6-16-11)4-9(8)15-7(2)12/h4-5H,3,6H2,1-2H3. The SMILES string of the molecule is CCOc1cc2c(cc1OC(C)=O)OCS2. The quantitative estimate of drug-likeness (QED) is 0.600. The molecule has 1 aromatic rings. The second-order valence-corrected chi connectivity index (χ2v) is 4.14. The third kappa shape index (κ3) is 2.24. The Morgan fingerprint density at radius 2 is 2.31 bits per heavy atom. The molecule has 0 unspecified atom stereocenters. The molecular formula is C11H12O4S. The highest BCUT2D eigenvalue weighted by molar-refractivity contribution is 7.99. The van der Waals surface area contributed by atoms with Crippen LogP contribution in [0.3, 0.4) is 0 Å². The minimum Gasteiger partial charge on any atom is -0.490 e. The van der Waals surface area contributed by atoms with Gasteiger partial charge in [0.25, 0.3) is 0 Å². The first kappa shape index (κ1) is 11.1. The summed E-state index contributed by atoms with van der Waals surface area (Å²) in [6.07, 6.45) is 0. The average Bonchev–Trinajstić information content (AvgIpc) is 2.64. The van der Waals surface area contributed by atoms with Gasteiger partial charge in [0.05, 0.1) is 11.5 Å². The minimum absolute atomic E-state index is 0.369. The van der Waals surface area contributed by atoms with Gasteiger partial charge in [-0.3, -0.25) is 4.79 Å². The number of esters is 1. The lowest BCUT2D eigenvalue weighted by Gasteiger charge is -2.10. The molecule has 1 heterocycles. The monoisotopic (exact) mass is 240 g/mol. The molecule has 0 atom stereocenters. The molecule has 0 saturated heterocycles. The maximum atomic E-state index is 10.9. The van der Waals surface area contributed by atoms with Gasteiger partial charge in [-0.2, -0.15) is 0 Å². The second kappa shape index (κ2) is 4.65. The highest BCUT2D eigenvalue weighted by atomic mass is 32.2. The number of thioether (sulfide) groups is 1. The van der Waals surface area contributed by atoms with E-state index in [9.17, 15) is 4.79 Å². The summed E-state index contributed by atoms with van der Waals surface area (Å²) < 4.78 is 15.9. The van der Waals surface area contributed by atoms with Gasteiger partial charge in [0.15, 0.2) is 11.5 Å². The van der Waals surface area contributed by atoms with Crippen LogP contribution >= 0.6 is 11.8 Å². The van der Waals surface area contributed by atoms with E-state index >= 15 is 0 Å². The Balaban J connectivity index is 2.36. The number of rotatable bonds is 3. The smallest absolute Gasteiger partial charge is 0.308 e. The molecule has 0 saturated carbocycles. The van der Waals surface area contributed by atoms with Crippen molar-refractivity contribution in [3.05, 3.63) is 12.1 Å². The fraction of sp³-hybridized carbons (Fsp3) is 0.364. The summed E-state index contributed by atoms with van der Waals surface area (Å²) in [6, 6.07) is 3.54. The number of hydrogen-bond acceptors (Lipinski definition) is 5. The summed E-state index contributed by atoms with van der Waals surface area (Å²) in [4.78, 5) is 12.0. The van der Waals surface area contributed by atoms with Gasteiger partial charge in [0.1, 0.15) is 11.7 Å². The predicted octanol–water partition coefficient (Wildman–Crippen LogP) is 2.45. The fourth-order valence-corrected chi connectivity index (χ4v) is 2.17. The van der Waals surface area contributed by atoms with E-state index in [1.165, 1.54) is 6.92 Å². The van der Waals surface area contributed by atoms with Crippen molar-refractivity contribution in [3.63, 3.8) is 0 Å². The van der Waals surface area contributed by atoms with E-state index in [-0.39, 0.29) is 5.97 Å². The van der Waals surface area contributed by atoms with E-state index in [0.29, 0.717) is 24.0 Å². The van der Waals surface area contributed by atoms with Crippen LogP contribution < -0.4 is 14.2 Å². The van der Waals surface area contributed by atoms with Crippen molar-refractivity contribution in [2.75, 3.05) is 12.5 Å². The van der Waals surface area contributed by atoms with Crippen LogP contribution in [0.1, 0.15) is 13.8 Å². The van der Waals surface area contributed by atoms with Crippen LogP contribution in [0.25, 0.3) is 0 Å². The Morgan fingerprint density at radius 3 is 3.00 bits per heavy atom. The molecule has 0 bridgehead atoms. The molecule has 1 aromatic carbocycles. The zero-order valence-electron chi connectivity index (χ0n) is 9.11. The lowest BCUT2D eigenvalue weighted by atomic mass is 10.3. The summed E-state index contributed by atoms with van der Waals surface area (Å²) in [7, 11) is 0. The number of carbonyl (C=O) groups excluding carboxylic acids is 1. The summed E-state index contributed by atoms with van der Waals surface area (Å²) in [6.45, 7) is 3.77. The van der Waals surface area contributed by atoms with Crippen molar-refractivity contribution in [1.29, 1.82) is 0 Å². The van der Waals surface area contributed by atoms with Gasteiger partial charge in [0, 0.05) is 19.1 Å².